The van der Waals surface area contributed by atoms with E-state index in [1.54, 1.807) is 23.9 Å². The van der Waals surface area contributed by atoms with Gasteiger partial charge in [-0.2, -0.15) is 0 Å². The Kier molecular flexibility index (Phi) is 6.03. The van der Waals surface area contributed by atoms with Crippen molar-refractivity contribution in [1.29, 1.82) is 0 Å². The smallest absolute Gasteiger partial charge is 0.306 e. The molecule has 0 amide bonds. The van der Waals surface area contributed by atoms with E-state index < -0.39 is 0 Å². The number of fused-ring (bicyclic) bond motifs is 1. The zero-order valence-electron chi connectivity index (χ0n) is 16.4. The van der Waals surface area contributed by atoms with Crippen LogP contribution in [0.1, 0.15) is 31.4 Å². The summed E-state index contributed by atoms with van der Waals surface area (Å²) < 4.78 is 6.65. The SMILES string of the molecule is CCOC(=O)CCc1cc2cnc(Nc3ccc(C)cn3)cc2n(CC)c1=O. The van der Waals surface area contributed by atoms with Crippen LogP contribution in [0.3, 0.4) is 0 Å². The molecule has 0 saturated carbocycles. The van der Waals surface area contributed by atoms with Gasteiger partial charge in [-0.3, -0.25) is 9.59 Å². The van der Waals surface area contributed by atoms with Crippen molar-refractivity contribution < 1.29 is 9.53 Å². The molecule has 3 heterocycles. The fourth-order valence-electron chi connectivity index (χ4n) is 3.04. The number of esters is 1. The van der Waals surface area contributed by atoms with Gasteiger partial charge in [-0.15, -0.1) is 0 Å². The standard InChI is InChI=1S/C21H24N4O3/c1-4-25-17-11-19(24-18-8-6-14(3)12-22-18)23-13-16(17)10-15(21(25)27)7-9-20(26)28-5-2/h6,8,10-13H,4-5,7,9H2,1-3H3,(H,22,23,24). The van der Waals surface area contributed by atoms with E-state index in [0.29, 0.717) is 36.8 Å². The van der Waals surface area contributed by atoms with Crippen molar-refractivity contribution in [3.63, 3.8) is 0 Å². The highest BCUT2D eigenvalue weighted by atomic mass is 16.5. The Morgan fingerprint density at radius 3 is 2.61 bits per heavy atom. The molecular weight excluding hydrogens is 356 g/mol. The molecule has 7 nitrogen and oxygen atoms in total. The molecule has 3 aromatic rings. The molecule has 0 radical (unpaired) electrons. The van der Waals surface area contributed by atoms with Gasteiger partial charge in [0, 0.05) is 42.4 Å². The molecule has 3 aromatic heterocycles. The molecule has 0 unspecified atom stereocenters. The molecule has 28 heavy (non-hydrogen) atoms. The monoisotopic (exact) mass is 380 g/mol. The molecular formula is C21H24N4O3. The van der Waals surface area contributed by atoms with Crippen LogP contribution in [0.2, 0.25) is 0 Å². The largest absolute Gasteiger partial charge is 0.466 e. The molecule has 0 spiro atoms. The van der Waals surface area contributed by atoms with Gasteiger partial charge in [0.05, 0.1) is 12.1 Å². The average molecular weight is 380 g/mol. The van der Waals surface area contributed by atoms with E-state index in [1.165, 1.54) is 0 Å². The number of pyridine rings is 3. The molecule has 0 bridgehead atoms. The Bertz CT molecular complexity index is 1040. The van der Waals surface area contributed by atoms with Crippen molar-refractivity contribution in [3.05, 3.63) is 58.1 Å². The number of hydrogen-bond acceptors (Lipinski definition) is 6. The van der Waals surface area contributed by atoms with Gasteiger partial charge in [-0.05, 0) is 44.9 Å². The minimum absolute atomic E-state index is 0.0927. The molecule has 3 rings (SSSR count). The van der Waals surface area contributed by atoms with Crippen LogP contribution in [0.25, 0.3) is 10.9 Å². The van der Waals surface area contributed by atoms with Crippen molar-refractivity contribution in [2.45, 2.75) is 40.2 Å². The summed E-state index contributed by atoms with van der Waals surface area (Å²) in [7, 11) is 0. The summed E-state index contributed by atoms with van der Waals surface area (Å²) in [5.74, 6) is 1.01. The van der Waals surface area contributed by atoms with Crippen LogP contribution in [0, 0.1) is 6.92 Å². The Morgan fingerprint density at radius 2 is 1.93 bits per heavy atom. The first kappa shape index (κ1) is 19.5. The highest BCUT2D eigenvalue weighted by molar-refractivity contribution is 5.82. The third-order valence-electron chi connectivity index (χ3n) is 4.44. The van der Waals surface area contributed by atoms with Crippen molar-refractivity contribution in [2.24, 2.45) is 0 Å². The highest BCUT2D eigenvalue weighted by Crippen LogP contribution is 2.20. The number of carbonyl (C=O) groups excluding carboxylic acids is 1. The molecule has 0 saturated heterocycles. The summed E-state index contributed by atoms with van der Waals surface area (Å²) >= 11 is 0. The number of aryl methyl sites for hydroxylation is 3. The van der Waals surface area contributed by atoms with E-state index in [4.69, 9.17) is 4.74 Å². The fourth-order valence-corrected chi connectivity index (χ4v) is 3.04. The minimum atomic E-state index is -0.298. The number of aromatic nitrogens is 3. The molecule has 0 atom stereocenters. The molecule has 0 fully saturated rings. The van der Waals surface area contributed by atoms with Crippen molar-refractivity contribution in [1.82, 2.24) is 14.5 Å². The van der Waals surface area contributed by atoms with E-state index in [9.17, 15) is 9.59 Å². The van der Waals surface area contributed by atoms with E-state index in [2.05, 4.69) is 15.3 Å². The van der Waals surface area contributed by atoms with Crippen LogP contribution in [0.4, 0.5) is 11.6 Å². The van der Waals surface area contributed by atoms with E-state index in [1.807, 2.05) is 38.1 Å². The number of nitrogens with zero attached hydrogens (tertiary/aromatic N) is 3. The second-order valence-corrected chi connectivity index (χ2v) is 6.50. The van der Waals surface area contributed by atoms with Crippen molar-refractivity contribution >= 4 is 28.5 Å². The molecule has 0 aliphatic rings. The number of anilines is 2. The van der Waals surface area contributed by atoms with Crippen molar-refractivity contribution in [2.75, 3.05) is 11.9 Å². The maximum Gasteiger partial charge on any atom is 0.306 e. The Balaban J connectivity index is 1.92. The number of nitrogens with one attached hydrogen (secondary N) is 1. The summed E-state index contributed by atoms with van der Waals surface area (Å²) in [6.07, 6.45) is 4.04. The van der Waals surface area contributed by atoms with Gasteiger partial charge >= 0.3 is 5.97 Å². The van der Waals surface area contributed by atoms with Crippen LogP contribution >= 0.6 is 0 Å². The number of carbonyl (C=O) groups is 1. The molecule has 0 aliphatic carbocycles. The summed E-state index contributed by atoms with van der Waals surface area (Å²) in [5, 5.41) is 4.01. The summed E-state index contributed by atoms with van der Waals surface area (Å²) in [6, 6.07) is 7.50. The van der Waals surface area contributed by atoms with E-state index in [0.717, 1.165) is 16.5 Å². The van der Waals surface area contributed by atoms with Crippen molar-refractivity contribution in [3.8, 4) is 0 Å². The maximum absolute atomic E-state index is 12.8. The van der Waals surface area contributed by atoms with Gasteiger partial charge < -0.3 is 14.6 Å². The van der Waals surface area contributed by atoms with Gasteiger partial charge in [0.25, 0.3) is 5.56 Å². The Hall–Kier alpha value is -3.22. The normalized spacial score (nSPS) is 10.8. The van der Waals surface area contributed by atoms with Crippen LogP contribution in [-0.2, 0) is 22.5 Å². The zero-order valence-corrected chi connectivity index (χ0v) is 16.4. The molecule has 0 aromatic carbocycles. The summed E-state index contributed by atoms with van der Waals surface area (Å²) in [4.78, 5) is 33.2. The van der Waals surface area contributed by atoms with Gasteiger partial charge in [-0.1, -0.05) is 6.07 Å². The first-order valence-corrected chi connectivity index (χ1v) is 9.39. The lowest BCUT2D eigenvalue weighted by Gasteiger charge is -2.13. The van der Waals surface area contributed by atoms with Gasteiger partial charge in [0.1, 0.15) is 11.6 Å². The van der Waals surface area contributed by atoms with Crippen LogP contribution in [0.5, 0.6) is 0 Å². The highest BCUT2D eigenvalue weighted by Gasteiger charge is 2.12. The maximum atomic E-state index is 12.8. The lowest BCUT2D eigenvalue weighted by atomic mass is 10.1. The van der Waals surface area contributed by atoms with Gasteiger partial charge in [0.15, 0.2) is 0 Å². The molecule has 1 N–H and O–H groups in total. The zero-order chi connectivity index (χ0) is 20.1. The van der Waals surface area contributed by atoms with Crippen LogP contribution in [-0.4, -0.2) is 27.1 Å². The third kappa shape index (κ3) is 4.36. The average Bonchev–Trinajstić information content (AvgIpc) is 2.68. The minimum Gasteiger partial charge on any atom is -0.466 e. The second-order valence-electron chi connectivity index (χ2n) is 6.50. The van der Waals surface area contributed by atoms with Crippen LogP contribution in [0.15, 0.2) is 41.5 Å². The van der Waals surface area contributed by atoms with E-state index in [-0.39, 0.29) is 17.9 Å². The van der Waals surface area contributed by atoms with Gasteiger partial charge in [-0.25, -0.2) is 9.97 Å². The Morgan fingerprint density at radius 1 is 1.14 bits per heavy atom. The lowest BCUT2D eigenvalue weighted by molar-refractivity contribution is -0.143. The molecule has 146 valence electrons. The summed E-state index contributed by atoms with van der Waals surface area (Å²) in [6.45, 7) is 6.52. The number of rotatable bonds is 7. The van der Waals surface area contributed by atoms with E-state index >= 15 is 0 Å². The topological polar surface area (TPSA) is 86.1 Å². The predicted octanol–water partition coefficient (Wildman–Crippen LogP) is 3.36. The quantitative estimate of drug-likeness (QED) is 0.633. The molecule has 0 aliphatic heterocycles. The molecule has 7 heteroatoms. The number of ether oxygens (including phenoxy) is 1. The first-order chi connectivity index (χ1) is 13.5. The predicted molar refractivity (Wildman–Crippen MR) is 109 cm³/mol. The van der Waals surface area contributed by atoms with Crippen LogP contribution < -0.4 is 10.9 Å². The lowest BCUT2D eigenvalue weighted by Crippen LogP contribution is -2.24. The first-order valence-electron chi connectivity index (χ1n) is 9.39. The summed E-state index contributed by atoms with van der Waals surface area (Å²) in [5.41, 5.74) is 2.36. The third-order valence-corrected chi connectivity index (χ3v) is 4.44. The van der Waals surface area contributed by atoms with Gasteiger partial charge in [0.2, 0.25) is 0 Å². The second kappa shape index (κ2) is 8.65. The number of hydrogen-bond donors (Lipinski definition) is 1. The fraction of sp³-hybridized carbons (Fsp3) is 0.333. The Labute approximate surface area is 163 Å².